The minimum atomic E-state index is -1.44. The summed E-state index contributed by atoms with van der Waals surface area (Å²) in [7, 11) is 0. The molecular formula is C8H10FN3O5. The third-order valence-electron chi connectivity index (χ3n) is 2.57. The van der Waals surface area contributed by atoms with Crippen LogP contribution in [-0.4, -0.2) is 49.7 Å². The number of nitro groups is 1. The van der Waals surface area contributed by atoms with E-state index in [-0.39, 0.29) is 0 Å². The molecule has 94 valence electrons. The van der Waals surface area contributed by atoms with Crippen molar-refractivity contribution in [3.8, 4) is 0 Å². The van der Waals surface area contributed by atoms with Crippen LogP contribution >= 0.6 is 0 Å². The lowest BCUT2D eigenvalue weighted by Crippen LogP contribution is -2.32. The van der Waals surface area contributed by atoms with E-state index in [1.807, 2.05) is 0 Å². The van der Waals surface area contributed by atoms with Gasteiger partial charge in [0.25, 0.3) is 0 Å². The Labute approximate surface area is 94.4 Å². The van der Waals surface area contributed by atoms with Gasteiger partial charge in [-0.1, -0.05) is 4.98 Å². The highest BCUT2D eigenvalue weighted by Crippen LogP contribution is 2.31. The van der Waals surface area contributed by atoms with Crippen molar-refractivity contribution < 1.29 is 24.3 Å². The quantitative estimate of drug-likeness (QED) is 0.543. The van der Waals surface area contributed by atoms with E-state index >= 15 is 0 Å². The molecule has 2 heterocycles. The molecule has 1 aliphatic heterocycles. The molecule has 2 rings (SSSR count). The smallest absolute Gasteiger partial charge is 0.390 e. The number of imidazole rings is 1. The maximum atomic E-state index is 12.4. The first-order valence-electron chi connectivity index (χ1n) is 4.81. The van der Waals surface area contributed by atoms with E-state index in [0.29, 0.717) is 0 Å². The van der Waals surface area contributed by atoms with E-state index in [0.717, 1.165) is 10.8 Å². The summed E-state index contributed by atoms with van der Waals surface area (Å²) in [6.07, 6.45) is -2.90. The number of aliphatic hydroxyl groups is 2. The van der Waals surface area contributed by atoms with Crippen LogP contribution in [0.2, 0.25) is 0 Å². The molecule has 1 aromatic heterocycles. The van der Waals surface area contributed by atoms with Crippen molar-refractivity contribution in [1.82, 2.24) is 9.55 Å². The molecule has 9 heteroatoms. The molecule has 1 aromatic rings. The molecule has 0 bridgehead atoms. The fourth-order valence-electron chi connectivity index (χ4n) is 1.73. The molecule has 0 aliphatic carbocycles. The predicted molar refractivity (Wildman–Crippen MR) is 50.8 cm³/mol. The lowest BCUT2D eigenvalue weighted by Gasteiger charge is -2.13. The predicted octanol–water partition coefficient (Wildman–Crippen LogP) is -0.620. The van der Waals surface area contributed by atoms with Crippen molar-refractivity contribution in [2.24, 2.45) is 0 Å². The van der Waals surface area contributed by atoms with Crippen molar-refractivity contribution in [2.45, 2.75) is 24.5 Å². The van der Waals surface area contributed by atoms with Crippen LogP contribution < -0.4 is 0 Å². The van der Waals surface area contributed by atoms with E-state index in [1.165, 1.54) is 6.20 Å². The number of aromatic nitrogens is 2. The molecule has 0 spiro atoms. The van der Waals surface area contributed by atoms with Crippen molar-refractivity contribution >= 4 is 5.95 Å². The van der Waals surface area contributed by atoms with Gasteiger partial charge in [-0.05, 0) is 4.92 Å². The lowest BCUT2D eigenvalue weighted by molar-refractivity contribution is -0.398. The summed E-state index contributed by atoms with van der Waals surface area (Å²) in [5.41, 5.74) is 0. The number of aliphatic hydroxyl groups excluding tert-OH is 2. The van der Waals surface area contributed by atoms with Crippen LogP contribution in [0, 0.1) is 10.1 Å². The number of halogens is 1. The van der Waals surface area contributed by atoms with E-state index in [1.54, 1.807) is 0 Å². The first kappa shape index (κ1) is 11.9. The molecular weight excluding hydrogens is 236 g/mol. The molecule has 0 aromatic carbocycles. The van der Waals surface area contributed by atoms with Crippen LogP contribution in [0.25, 0.3) is 0 Å². The van der Waals surface area contributed by atoms with Gasteiger partial charge in [0.05, 0.1) is 0 Å². The van der Waals surface area contributed by atoms with Gasteiger partial charge in [-0.2, -0.15) is 4.57 Å². The topological polar surface area (TPSA) is 111 Å². The Morgan fingerprint density at radius 1 is 1.59 bits per heavy atom. The van der Waals surface area contributed by atoms with E-state index < -0.39 is 42.1 Å². The molecule has 17 heavy (non-hydrogen) atoms. The Balaban J connectivity index is 2.29. The van der Waals surface area contributed by atoms with Crippen molar-refractivity contribution in [2.75, 3.05) is 6.67 Å². The molecule has 0 amide bonds. The third-order valence-corrected chi connectivity index (χ3v) is 2.57. The number of rotatable bonds is 3. The third kappa shape index (κ3) is 1.88. The van der Waals surface area contributed by atoms with Crippen LogP contribution in [0.1, 0.15) is 6.23 Å². The molecule has 0 saturated carbocycles. The van der Waals surface area contributed by atoms with Crippen molar-refractivity contribution in [3.63, 3.8) is 0 Å². The van der Waals surface area contributed by atoms with Crippen LogP contribution in [0.15, 0.2) is 12.4 Å². The number of nitrogens with zero attached hydrogens (tertiary/aromatic N) is 3. The van der Waals surface area contributed by atoms with Crippen molar-refractivity contribution in [3.05, 3.63) is 22.5 Å². The highest BCUT2D eigenvalue weighted by atomic mass is 18.2. The highest BCUT2D eigenvalue weighted by Gasteiger charge is 2.46. The zero-order chi connectivity index (χ0) is 12.6. The molecule has 0 radical (unpaired) electrons. The Kier molecular flexibility index (Phi) is 3.05. The molecule has 4 atom stereocenters. The van der Waals surface area contributed by atoms with Crippen LogP contribution in [0.3, 0.4) is 0 Å². The maximum absolute atomic E-state index is 12.4. The number of hydrogen-bond acceptors (Lipinski definition) is 6. The number of alkyl halides is 1. The Bertz CT molecular complexity index is 425. The molecule has 0 unspecified atom stereocenters. The molecule has 1 aliphatic rings. The SMILES string of the molecule is O=[N+]([O-])c1nccn1[C@H]1O[C@H](C[18F])[C@@H](O)[C@@H]1O. The van der Waals surface area contributed by atoms with Gasteiger partial charge in [0.2, 0.25) is 6.23 Å². The van der Waals surface area contributed by atoms with Gasteiger partial charge in [0.1, 0.15) is 37.4 Å². The second-order valence-electron chi connectivity index (χ2n) is 3.59. The fraction of sp³-hybridized carbons (Fsp3) is 0.625. The van der Waals surface area contributed by atoms with Gasteiger partial charge in [-0.25, -0.2) is 4.39 Å². The van der Waals surface area contributed by atoms with Crippen molar-refractivity contribution in [1.29, 1.82) is 0 Å². The largest absolute Gasteiger partial charge is 0.436 e. The van der Waals surface area contributed by atoms with E-state index in [4.69, 9.17) is 4.74 Å². The second kappa shape index (κ2) is 4.35. The maximum Gasteiger partial charge on any atom is 0.436 e. The number of ether oxygens (including phenoxy) is 1. The first-order valence-corrected chi connectivity index (χ1v) is 4.81. The zero-order valence-corrected chi connectivity index (χ0v) is 8.51. The van der Waals surface area contributed by atoms with Gasteiger partial charge in [0.15, 0.2) is 0 Å². The van der Waals surface area contributed by atoms with Crippen LogP contribution in [0.4, 0.5) is 10.3 Å². The van der Waals surface area contributed by atoms with Gasteiger partial charge < -0.3 is 25.1 Å². The highest BCUT2D eigenvalue weighted by molar-refractivity contribution is 5.09. The summed E-state index contributed by atoms with van der Waals surface area (Å²) in [6, 6.07) is 0. The molecule has 1 fully saturated rings. The lowest BCUT2D eigenvalue weighted by atomic mass is 10.1. The Morgan fingerprint density at radius 3 is 2.82 bits per heavy atom. The van der Waals surface area contributed by atoms with Gasteiger partial charge in [0, 0.05) is 0 Å². The monoisotopic (exact) mass is 246 g/mol. The van der Waals surface area contributed by atoms with Crippen LogP contribution in [-0.2, 0) is 4.74 Å². The first-order chi connectivity index (χ1) is 8.06. The number of hydrogen-bond donors (Lipinski definition) is 2. The van der Waals surface area contributed by atoms with Gasteiger partial charge in [-0.15, -0.1) is 0 Å². The average molecular weight is 246 g/mol. The fourth-order valence-corrected chi connectivity index (χ4v) is 1.73. The Morgan fingerprint density at radius 2 is 2.29 bits per heavy atom. The normalized spacial score (nSPS) is 32.9. The van der Waals surface area contributed by atoms with Gasteiger partial charge >= 0.3 is 5.95 Å². The summed E-state index contributed by atoms with van der Waals surface area (Å²) in [4.78, 5) is 13.3. The molecule has 2 N–H and O–H groups in total. The standard InChI is InChI=1S/C8H10FN3O5/c9-3-4-5(13)6(14)7(17-4)11-2-1-10-8(11)12(15)16/h1-2,4-7,13-14H,3H2/t4-,5-,6+,7+/m1/s1/i9-1. The molecule has 8 nitrogen and oxygen atoms in total. The zero-order valence-electron chi connectivity index (χ0n) is 8.51. The summed E-state index contributed by atoms with van der Waals surface area (Å²) in [5, 5.41) is 29.7. The summed E-state index contributed by atoms with van der Waals surface area (Å²) >= 11 is 0. The van der Waals surface area contributed by atoms with Gasteiger partial charge in [-0.3, -0.25) is 0 Å². The minimum Gasteiger partial charge on any atom is -0.390 e. The minimum absolute atomic E-state index is 0.541. The Hall–Kier alpha value is -1.58. The summed E-state index contributed by atoms with van der Waals surface area (Å²) < 4.78 is 18.4. The average Bonchev–Trinajstić information content (AvgIpc) is 2.86. The molecule has 1 saturated heterocycles. The summed E-state index contributed by atoms with van der Waals surface area (Å²) in [6.45, 7) is -0.989. The van der Waals surface area contributed by atoms with E-state index in [2.05, 4.69) is 4.98 Å². The summed E-state index contributed by atoms with van der Waals surface area (Å²) in [5.74, 6) is -0.541. The van der Waals surface area contributed by atoms with E-state index in [9.17, 15) is 24.7 Å². The van der Waals surface area contributed by atoms with Crippen LogP contribution in [0.5, 0.6) is 0 Å². The second-order valence-corrected chi connectivity index (χ2v) is 3.59.